The van der Waals surface area contributed by atoms with E-state index in [9.17, 15) is 8.42 Å². The van der Waals surface area contributed by atoms with Crippen molar-refractivity contribution in [3.8, 4) is 11.5 Å². The monoisotopic (exact) mass is 400 g/mol. The van der Waals surface area contributed by atoms with E-state index in [1.54, 1.807) is 12.1 Å². The second-order valence-corrected chi connectivity index (χ2v) is 9.73. The third-order valence-electron chi connectivity index (χ3n) is 3.71. The van der Waals surface area contributed by atoms with Crippen LogP contribution in [0.2, 0.25) is 5.02 Å². The van der Waals surface area contributed by atoms with Crippen molar-refractivity contribution in [1.82, 2.24) is 10.1 Å². The fourth-order valence-electron chi connectivity index (χ4n) is 2.49. The first-order chi connectivity index (χ1) is 12.1. The lowest BCUT2D eigenvalue weighted by molar-refractivity contribution is 0.297. The van der Waals surface area contributed by atoms with Gasteiger partial charge in [0, 0.05) is 11.8 Å². The van der Waals surface area contributed by atoms with Gasteiger partial charge < -0.3 is 14.0 Å². The van der Waals surface area contributed by atoms with Crippen LogP contribution in [0.5, 0.6) is 11.5 Å². The van der Waals surface area contributed by atoms with Gasteiger partial charge in [0.05, 0.1) is 24.0 Å². The van der Waals surface area contributed by atoms with Crippen molar-refractivity contribution in [2.24, 2.45) is 0 Å². The van der Waals surface area contributed by atoms with Gasteiger partial charge in [0.2, 0.25) is 5.89 Å². The average molecular weight is 401 g/mol. The Bertz CT molecular complexity index is 902. The number of sulfone groups is 1. The smallest absolute Gasteiger partial charge is 0.232 e. The first-order valence-corrected chi connectivity index (χ1v) is 10.5. The molecule has 3 rings (SSSR count). The Hall–Kier alpha value is -1.80. The van der Waals surface area contributed by atoms with Gasteiger partial charge in [0.15, 0.2) is 27.2 Å². The van der Waals surface area contributed by atoms with E-state index in [-0.39, 0.29) is 22.7 Å². The maximum Gasteiger partial charge on any atom is 0.232 e. The summed E-state index contributed by atoms with van der Waals surface area (Å²) in [6.45, 7) is 6.76. The molecule has 1 aliphatic heterocycles. The zero-order valence-corrected chi connectivity index (χ0v) is 16.5. The molecule has 0 aliphatic carbocycles. The van der Waals surface area contributed by atoms with E-state index in [0.717, 1.165) is 6.42 Å². The van der Waals surface area contributed by atoms with Gasteiger partial charge in [0.25, 0.3) is 0 Å². The first kappa shape index (κ1) is 19.0. The molecule has 0 radical (unpaired) electrons. The zero-order chi connectivity index (χ0) is 18.9. The van der Waals surface area contributed by atoms with Crippen LogP contribution in [0.1, 0.15) is 44.5 Å². The number of ether oxygens (including phenoxy) is 2. The van der Waals surface area contributed by atoms with Crippen molar-refractivity contribution in [2.75, 3.05) is 13.2 Å². The molecule has 0 amide bonds. The van der Waals surface area contributed by atoms with E-state index >= 15 is 0 Å². The van der Waals surface area contributed by atoms with Crippen LogP contribution < -0.4 is 9.47 Å². The van der Waals surface area contributed by atoms with Crippen LogP contribution in [0, 0.1) is 0 Å². The number of hydrogen-bond acceptors (Lipinski definition) is 7. The normalized spacial score (nSPS) is 14.9. The lowest BCUT2D eigenvalue weighted by Crippen LogP contribution is -2.12. The van der Waals surface area contributed by atoms with Crippen molar-refractivity contribution in [3.63, 3.8) is 0 Å². The van der Waals surface area contributed by atoms with E-state index in [2.05, 4.69) is 10.1 Å². The van der Waals surface area contributed by atoms with Gasteiger partial charge in [0.1, 0.15) is 5.75 Å². The number of fused-ring (bicyclic) bond motifs is 1. The van der Waals surface area contributed by atoms with Gasteiger partial charge in [-0.25, -0.2) is 8.42 Å². The highest BCUT2D eigenvalue weighted by molar-refractivity contribution is 7.89. The Balaban J connectivity index is 1.78. The summed E-state index contributed by atoms with van der Waals surface area (Å²) >= 11 is 6.22. The van der Waals surface area contributed by atoms with Crippen LogP contribution in [-0.2, 0) is 26.8 Å². The molecule has 0 spiro atoms. The summed E-state index contributed by atoms with van der Waals surface area (Å²) in [4.78, 5) is 4.18. The van der Waals surface area contributed by atoms with Gasteiger partial charge in [-0.15, -0.1) is 0 Å². The maximum atomic E-state index is 12.5. The molecule has 0 bridgehead atoms. The molecule has 1 aromatic heterocycles. The zero-order valence-electron chi connectivity index (χ0n) is 14.9. The number of nitrogens with zero attached hydrogens (tertiary/aromatic N) is 2. The van der Waals surface area contributed by atoms with Gasteiger partial charge in [-0.3, -0.25) is 0 Å². The van der Waals surface area contributed by atoms with Crippen molar-refractivity contribution in [2.45, 2.75) is 44.1 Å². The third kappa shape index (κ3) is 4.48. The quantitative estimate of drug-likeness (QED) is 0.777. The molecular formula is C17H21ClN2O5S. The Labute approximate surface area is 157 Å². The molecule has 0 saturated carbocycles. The Morgan fingerprint density at radius 1 is 1.15 bits per heavy atom. The topological polar surface area (TPSA) is 91.5 Å². The van der Waals surface area contributed by atoms with Crippen molar-refractivity contribution in [1.29, 1.82) is 0 Å². The van der Waals surface area contributed by atoms with E-state index in [4.69, 9.17) is 25.6 Å². The maximum absolute atomic E-state index is 12.5. The predicted octanol–water partition coefficient (Wildman–Crippen LogP) is 3.30. The molecule has 142 valence electrons. The fourth-order valence-corrected chi connectivity index (χ4v) is 4.06. The second-order valence-electron chi connectivity index (χ2n) is 7.25. The number of halogens is 1. The van der Waals surface area contributed by atoms with Crippen molar-refractivity contribution in [3.05, 3.63) is 34.4 Å². The molecule has 0 saturated heterocycles. The van der Waals surface area contributed by atoms with Crippen molar-refractivity contribution < 1.29 is 22.4 Å². The molecule has 2 heterocycles. The summed E-state index contributed by atoms with van der Waals surface area (Å²) in [6.07, 6.45) is 0.743. The third-order valence-corrected chi connectivity index (χ3v) is 5.46. The first-order valence-electron chi connectivity index (χ1n) is 8.25. The van der Waals surface area contributed by atoms with E-state index in [1.807, 2.05) is 20.8 Å². The van der Waals surface area contributed by atoms with Crippen LogP contribution in [0.25, 0.3) is 0 Å². The lowest BCUT2D eigenvalue weighted by Gasteiger charge is -2.11. The van der Waals surface area contributed by atoms with Gasteiger partial charge in [-0.05, 0) is 17.7 Å². The highest BCUT2D eigenvalue weighted by Gasteiger charge is 2.25. The summed E-state index contributed by atoms with van der Waals surface area (Å²) in [5.41, 5.74) is 0.190. The molecule has 9 heteroatoms. The van der Waals surface area contributed by atoms with Gasteiger partial charge in [-0.1, -0.05) is 37.5 Å². The summed E-state index contributed by atoms with van der Waals surface area (Å²) in [5, 5.41) is 4.11. The summed E-state index contributed by atoms with van der Waals surface area (Å²) < 4.78 is 41.4. The predicted molar refractivity (Wildman–Crippen MR) is 96.4 cm³/mol. The van der Waals surface area contributed by atoms with Crippen LogP contribution in [-0.4, -0.2) is 31.8 Å². The molecule has 0 atom stereocenters. The minimum absolute atomic E-state index is 0.148. The van der Waals surface area contributed by atoms with Crippen molar-refractivity contribution >= 4 is 21.4 Å². The highest BCUT2D eigenvalue weighted by Crippen LogP contribution is 2.38. The molecule has 1 aromatic carbocycles. The molecule has 7 nitrogen and oxygen atoms in total. The van der Waals surface area contributed by atoms with Crippen LogP contribution in [0.15, 0.2) is 16.7 Å². The minimum atomic E-state index is -3.51. The van der Waals surface area contributed by atoms with E-state index in [1.165, 1.54) is 0 Å². The molecule has 1 aliphatic rings. The summed E-state index contributed by atoms with van der Waals surface area (Å²) in [6, 6.07) is 3.24. The molecular weight excluding hydrogens is 380 g/mol. The lowest BCUT2D eigenvalue weighted by atomic mass is 9.97. The fraction of sp³-hybridized carbons (Fsp3) is 0.529. The van der Waals surface area contributed by atoms with Crippen LogP contribution >= 0.6 is 11.6 Å². The molecule has 0 fully saturated rings. The second kappa shape index (κ2) is 7.08. The van der Waals surface area contributed by atoms with Gasteiger partial charge in [-0.2, -0.15) is 4.98 Å². The molecule has 2 aromatic rings. The largest absolute Gasteiger partial charge is 0.489 e. The number of aromatic nitrogens is 2. The Morgan fingerprint density at radius 3 is 2.58 bits per heavy atom. The molecule has 0 unspecified atom stereocenters. The Morgan fingerprint density at radius 2 is 1.88 bits per heavy atom. The minimum Gasteiger partial charge on any atom is -0.489 e. The van der Waals surface area contributed by atoms with Crippen LogP contribution in [0.3, 0.4) is 0 Å². The van der Waals surface area contributed by atoms with E-state index in [0.29, 0.717) is 41.2 Å². The highest BCUT2D eigenvalue weighted by atomic mass is 35.5. The Kier molecular flexibility index (Phi) is 5.16. The number of hydrogen-bond donors (Lipinski definition) is 0. The van der Waals surface area contributed by atoms with Crippen LogP contribution in [0.4, 0.5) is 0 Å². The molecule has 26 heavy (non-hydrogen) atoms. The SMILES string of the molecule is CC(C)(C)c1nc(CS(=O)(=O)Cc2cc(Cl)c3c(c2)OCCCO3)no1. The number of benzene rings is 1. The number of rotatable bonds is 4. The molecule has 0 N–H and O–H groups in total. The van der Waals surface area contributed by atoms with Gasteiger partial charge >= 0.3 is 0 Å². The average Bonchev–Trinajstić information content (AvgIpc) is 2.83. The summed E-state index contributed by atoms with van der Waals surface area (Å²) in [7, 11) is -3.51. The summed E-state index contributed by atoms with van der Waals surface area (Å²) in [5.74, 6) is 0.964. The standard InChI is InChI=1S/C17H21ClN2O5S/c1-17(2,3)16-19-14(20-25-16)10-26(21,22)9-11-7-12(18)15-13(8-11)23-5-4-6-24-15/h7-8H,4-6,9-10H2,1-3H3. The van der Waals surface area contributed by atoms with E-state index < -0.39 is 9.84 Å².